The largest absolute Gasteiger partial charge is 0.478 e. The Morgan fingerprint density at radius 2 is 1.80 bits per heavy atom. The molecule has 3 N–H and O–H groups in total. The molecule has 0 saturated carbocycles. The number of halogens is 1. The fraction of sp³-hybridized carbons (Fsp3) is 0.269. The Bertz CT molecular complexity index is 1380. The van der Waals surface area contributed by atoms with Gasteiger partial charge in [-0.1, -0.05) is 11.6 Å². The lowest BCUT2D eigenvalue weighted by atomic mass is 10.1. The summed E-state index contributed by atoms with van der Waals surface area (Å²) in [5.74, 6) is -2.73. The highest BCUT2D eigenvalue weighted by atomic mass is 35.5. The molecule has 0 aliphatic carbocycles. The Hall–Kier alpha value is -4.62. The number of nitrogens with one attached hydrogen (secondary N) is 2. The zero-order chi connectivity index (χ0) is 29.2. The lowest BCUT2D eigenvalue weighted by molar-refractivity contribution is -0.133. The fourth-order valence-corrected chi connectivity index (χ4v) is 3.64. The van der Waals surface area contributed by atoms with Crippen LogP contribution in [0.2, 0.25) is 5.02 Å². The number of anilines is 1. The summed E-state index contributed by atoms with van der Waals surface area (Å²) in [6.45, 7) is 1.05. The normalized spacial score (nSPS) is 11.8. The van der Waals surface area contributed by atoms with E-state index in [4.69, 9.17) is 16.7 Å². The minimum Gasteiger partial charge on any atom is -0.478 e. The maximum Gasteiger partial charge on any atom is 0.335 e. The topological polar surface area (TPSA) is 163 Å². The predicted octanol–water partition coefficient (Wildman–Crippen LogP) is 1.56. The summed E-state index contributed by atoms with van der Waals surface area (Å²) < 4.78 is 1.40. The number of benzene rings is 2. The van der Waals surface area contributed by atoms with Gasteiger partial charge in [0.25, 0.3) is 0 Å². The van der Waals surface area contributed by atoms with Crippen molar-refractivity contribution in [1.29, 1.82) is 0 Å². The third kappa shape index (κ3) is 8.71. The monoisotopic (exact) mass is 568 g/mol. The molecule has 14 heteroatoms. The molecule has 3 aromatic rings. The number of carbonyl (C=O) groups is 4. The molecule has 0 spiro atoms. The maximum atomic E-state index is 13.1. The van der Waals surface area contributed by atoms with E-state index in [9.17, 15) is 19.2 Å². The van der Waals surface area contributed by atoms with Crippen molar-refractivity contribution < 1.29 is 24.3 Å². The zero-order valence-electron chi connectivity index (χ0n) is 22.1. The second-order valence-corrected chi connectivity index (χ2v) is 9.48. The van der Waals surface area contributed by atoms with Crippen molar-refractivity contribution in [2.24, 2.45) is 0 Å². The quantitative estimate of drug-likeness (QED) is 0.275. The standard InChI is InChI=1S/C26H29ClN8O5/c1-33(2)12-13-34(3)24(37)15-21(25(38)29-20-8-4-17(5-9-20)26(39)40)30-23(36)11-6-18-14-19(27)7-10-22(18)35-16-28-31-32-35/h4-11,14,16,21H,12-13,15H2,1-3H3,(H,29,38)(H,30,36)(H,39,40)/t21-/m0/s1. The number of hydrogen-bond donors (Lipinski definition) is 3. The third-order valence-corrected chi connectivity index (χ3v) is 5.95. The SMILES string of the molecule is CN(C)CCN(C)C(=O)C[C@H](NC(=O)C=Cc1cc(Cl)ccc1-n1cnnn1)C(=O)Nc1ccc(C(=O)O)cc1. The van der Waals surface area contributed by atoms with E-state index in [0.717, 1.165) is 0 Å². The first-order chi connectivity index (χ1) is 19.0. The van der Waals surface area contributed by atoms with Crippen molar-refractivity contribution >= 4 is 47.1 Å². The average Bonchev–Trinajstić information content (AvgIpc) is 3.45. The van der Waals surface area contributed by atoms with Crippen LogP contribution in [0, 0.1) is 0 Å². The molecule has 0 bridgehead atoms. The van der Waals surface area contributed by atoms with Crippen LogP contribution in [-0.2, 0) is 14.4 Å². The van der Waals surface area contributed by atoms with E-state index in [1.807, 2.05) is 19.0 Å². The number of amides is 3. The summed E-state index contributed by atoms with van der Waals surface area (Å²) in [5.41, 5.74) is 1.46. The smallest absolute Gasteiger partial charge is 0.335 e. The highest BCUT2D eigenvalue weighted by molar-refractivity contribution is 6.30. The van der Waals surface area contributed by atoms with Crippen molar-refractivity contribution in [3.63, 3.8) is 0 Å². The van der Waals surface area contributed by atoms with Crippen molar-refractivity contribution in [3.8, 4) is 5.69 Å². The van der Waals surface area contributed by atoms with Crippen molar-refractivity contribution in [2.75, 3.05) is 39.5 Å². The molecule has 13 nitrogen and oxygen atoms in total. The van der Waals surface area contributed by atoms with Crippen LogP contribution in [0.5, 0.6) is 0 Å². The number of carboxylic acid groups (broad SMARTS) is 1. The third-order valence-electron chi connectivity index (χ3n) is 5.72. The van der Waals surface area contributed by atoms with Gasteiger partial charge < -0.3 is 25.5 Å². The molecule has 3 amide bonds. The Balaban J connectivity index is 1.78. The number of carboxylic acids is 1. The molecule has 1 aromatic heterocycles. The number of carbonyl (C=O) groups excluding carboxylic acids is 3. The summed E-state index contributed by atoms with van der Waals surface area (Å²) >= 11 is 6.13. The van der Waals surface area contributed by atoms with Gasteiger partial charge in [-0.05, 0) is 73.1 Å². The zero-order valence-corrected chi connectivity index (χ0v) is 22.9. The lowest BCUT2D eigenvalue weighted by Crippen LogP contribution is -2.47. The van der Waals surface area contributed by atoms with Crippen LogP contribution < -0.4 is 10.6 Å². The van der Waals surface area contributed by atoms with Crippen LogP contribution in [0.3, 0.4) is 0 Å². The van der Waals surface area contributed by atoms with Crippen LogP contribution in [-0.4, -0.2) is 99.1 Å². The van der Waals surface area contributed by atoms with Gasteiger partial charge in [0.05, 0.1) is 17.7 Å². The molecule has 0 radical (unpaired) electrons. The van der Waals surface area contributed by atoms with Crippen LogP contribution in [0.1, 0.15) is 22.3 Å². The van der Waals surface area contributed by atoms with E-state index in [2.05, 4.69) is 26.2 Å². The van der Waals surface area contributed by atoms with Gasteiger partial charge in [0.2, 0.25) is 17.7 Å². The van der Waals surface area contributed by atoms with Crippen LogP contribution in [0.4, 0.5) is 5.69 Å². The molecule has 1 heterocycles. The van der Waals surface area contributed by atoms with E-state index >= 15 is 0 Å². The molecule has 0 unspecified atom stereocenters. The molecule has 0 fully saturated rings. The lowest BCUT2D eigenvalue weighted by Gasteiger charge is -2.23. The van der Waals surface area contributed by atoms with Gasteiger partial charge in [0.1, 0.15) is 12.4 Å². The van der Waals surface area contributed by atoms with Gasteiger partial charge in [0, 0.05) is 42.5 Å². The minimum atomic E-state index is -1.22. The number of likely N-dealkylation sites (N-methyl/N-ethyl adjacent to an activating group) is 2. The molecule has 3 rings (SSSR count). The molecule has 1 atom stereocenters. The second-order valence-electron chi connectivity index (χ2n) is 9.05. The number of aromatic carboxylic acids is 1. The number of hydrogen-bond acceptors (Lipinski definition) is 8. The van der Waals surface area contributed by atoms with E-state index in [0.29, 0.717) is 35.1 Å². The fourth-order valence-electron chi connectivity index (χ4n) is 3.46. The number of aromatic nitrogens is 4. The molecule has 0 aliphatic rings. The summed E-state index contributed by atoms with van der Waals surface area (Å²) in [6.07, 6.45) is 3.79. The number of nitrogens with zero attached hydrogens (tertiary/aromatic N) is 6. The summed E-state index contributed by atoms with van der Waals surface area (Å²) in [5, 5.41) is 25.8. The van der Waals surface area contributed by atoms with Crippen LogP contribution in [0.25, 0.3) is 11.8 Å². The van der Waals surface area contributed by atoms with Gasteiger partial charge in [0.15, 0.2) is 0 Å². The van der Waals surface area contributed by atoms with Crippen LogP contribution in [0.15, 0.2) is 54.9 Å². The van der Waals surface area contributed by atoms with Gasteiger partial charge in [-0.15, -0.1) is 5.10 Å². The maximum absolute atomic E-state index is 13.1. The minimum absolute atomic E-state index is 0.0488. The van der Waals surface area contributed by atoms with Gasteiger partial charge in [-0.2, -0.15) is 4.68 Å². The first-order valence-electron chi connectivity index (χ1n) is 12.1. The number of tetrazole rings is 1. The molecule has 0 aliphatic heterocycles. The Morgan fingerprint density at radius 3 is 2.42 bits per heavy atom. The Labute approximate surface area is 235 Å². The van der Waals surface area contributed by atoms with Crippen LogP contribution >= 0.6 is 11.6 Å². The highest BCUT2D eigenvalue weighted by Gasteiger charge is 2.25. The second kappa shape index (κ2) is 14.0. The molecular formula is C26H29ClN8O5. The summed E-state index contributed by atoms with van der Waals surface area (Å²) in [4.78, 5) is 53.4. The Morgan fingerprint density at radius 1 is 1.07 bits per heavy atom. The van der Waals surface area contributed by atoms with Crippen molar-refractivity contribution in [1.82, 2.24) is 35.3 Å². The first kappa shape index (κ1) is 29.9. The predicted molar refractivity (Wildman–Crippen MR) is 148 cm³/mol. The Kier molecular flexibility index (Phi) is 10.4. The summed E-state index contributed by atoms with van der Waals surface area (Å²) in [6, 6.07) is 9.25. The highest BCUT2D eigenvalue weighted by Crippen LogP contribution is 2.20. The molecule has 2 aromatic carbocycles. The van der Waals surface area contributed by atoms with E-state index in [1.165, 1.54) is 52.3 Å². The van der Waals surface area contributed by atoms with Crippen molar-refractivity contribution in [2.45, 2.75) is 12.5 Å². The van der Waals surface area contributed by atoms with Gasteiger partial charge in [-0.3, -0.25) is 14.4 Å². The molecule has 0 saturated heterocycles. The molecule has 210 valence electrons. The van der Waals surface area contributed by atoms with E-state index < -0.39 is 23.8 Å². The molecule has 40 heavy (non-hydrogen) atoms. The average molecular weight is 569 g/mol. The van der Waals surface area contributed by atoms with E-state index in [-0.39, 0.29) is 17.9 Å². The van der Waals surface area contributed by atoms with E-state index in [1.54, 1.807) is 25.2 Å². The van der Waals surface area contributed by atoms with Crippen molar-refractivity contribution in [3.05, 3.63) is 71.0 Å². The van der Waals surface area contributed by atoms with Gasteiger partial charge in [-0.25, -0.2) is 4.79 Å². The molecular weight excluding hydrogens is 540 g/mol. The first-order valence-corrected chi connectivity index (χ1v) is 12.5. The van der Waals surface area contributed by atoms with Gasteiger partial charge >= 0.3 is 5.97 Å². The summed E-state index contributed by atoms with van der Waals surface area (Å²) in [7, 11) is 5.37. The number of rotatable bonds is 12.